The standard InChI is InChI=1S/C15H17ClN4O/c16-14-13(9-18-19-15(14)21)17-8-11-6-7-20(10-11)12-4-2-1-3-5-12/h1-5,9,11H,6-8,10H2,(H2,17,19,21)/t11-/m1/s1. The van der Waals surface area contributed by atoms with Crippen LogP contribution in [0.25, 0.3) is 0 Å². The van der Waals surface area contributed by atoms with Crippen LogP contribution in [-0.2, 0) is 0 Å². The molecule has 0 radical (unpaired) electrons. The average Bonchev–Trinajstić information content (AvgIpc) is 2.99. The zero-order chi connectivity index (χ0) is 14.7. The van der Waals surface area contributed by atoms with Crippen molar-refractivity contribution in [2.24, 2.45) is 5.92 Å². The van der Waals surface area contributed by atoms with E-state index in [0.29, 0.717) is 11.6 Å². The molecule has 1 saturated heterocycles. The van der Waals surface area contributed by atoms with Crippen LogP contribution in [0.2, 0.25) is 5.02 Å². The first-order valence-corrected chi connectivity index (χ1v) is 7.39. The van der Waals surface area contributed by atoms with Crippen LogP contribution in [0.4, 0.5) is 11.4 Å². The zero-order valence-electron chi connectivity index (χ0n) is 11.6. The lowest BCUT2D eigenvalue weighted by atomic mass is 10.1. The molecule has 6 heteroatoms. The van der Waals surface area contributed by atoms with Crippen LogP contribution in [0, 0.1) is 5.92 Å². The van der Waals surface area contributed by atoms with Crippen molar-refractivity contribution in [1.29, 1.82) is 0 Å². The van der Waals surface area contributed by atoms with Crippen molar-refractivity contribution in [3.05, 3.63) is 51.9 Å². The van der Waals surface area contributed by atoms with Gasteiger partial charge >= 0.3 is 0 Å². The molecule has 0 spiro atoms. The Labute approximate surface area is 127 Å². The second-order valence-corrected chi connectivity index (χ2v) is 5.62. The molecule has 110 valence electrons. The number of para-hydroxylation sites is 1. The van der Waals surface area contributed by atoms with E-state index in [1.807, 2.05) is 6.07 Å². The largest absolute Gasteiger partial charge is 0.382 e. The molecule has 21 heavy (non-hydrogen) atoms. The fraction of sp³-hybridized carbons (Fsp3) is 0.333. The van der Waals surface area contributed by atoms with E-state index in [-0.39, 0.29) is 10.6 Å². The lowest BCUT2D eigenvalue weighted by Crippen LogP contribution is -2.23. The van der Waals surface area contributed by atoms with Gasteiger partial charge in [0.25, 0.3) is 5.56 Å². The van der Waals surface area contributed by atoms with Gasteiger partial charge in [0.05, 0.1) is 11.9 Å². The van der Waals surface area contributed by atoms with Gasteiger partial charge in [-0.1, -0.05) is 29.8 Å². The highest BCUT2D eigenvalue weighted by Gasteiger charge is 2.22. The van der Waals surface area contributed by atoms with Crippen molar-refractivity contribution in [2.45, 2.75) is 6.42 Å². The van der Waals surface area contributed by atoms with Gasteiger partial charge in [0.15, 0.2) is 0 Å². The average molecular weight is 305 g/mol. The number of hydrogen-bond donors (Lipinski definition) is 2. The number of H-pyrrole nitrogens is 1. The van der Waals surface area contributed by atoms with Gasteiger partial charge < -0.3 is 10.2 Å². The van der Waals surface area contributed by atoms with Gasteiger partial charge in [-0.3, -0.25) is 4.79 Å². The van der Waals surface area contributed by atoms with E-state index >= 15 is 0 Å². The van der Waals surface area contributed by atoms with E-state index in [1.165, 1.54) is 5.69 Å². The highest BCUT2D eigenvalue weighted by Crippen LogP contribution is 2.24. The molecule has 1 atom stereocenters. The molecule has 1 aliphatic heterocycles. The molecule has 1 fully saturated rings. The normalized spacial score (nSPS) is 18.0. The lowest BCUT2D eigenvalue weighted by Gasteiger charge is -2.19. The number of halogens is 1. The summed E-state index contributed by atoms with van der Waals surface area (Å²) in [7, 11) is 0. The van der Waals surface area contributed by atoms with Crippen molar-refractivity contribution < 1.29 is 0 Å². The first-order valence-electron chi connectivity index (χ1n) is 7.01. The van der Waals surface area contributed by atoms with Gasteiger partial charge in [-0.25, -0.2) is 5.10 Å². The summed E-state index contributed by atoms with van der Waals surface area (Å²) in [5.74, 6) is 0.528. The molecular formula is C15H17ClN4O. The molecule has 1 aliphatic rings. The van der Waals surface area contributed by atoms with Crippen LogP contribution in [0.1, 0.15) is 6.42 Å². The first kappa shape index (κ1) is 13.9. The molecule has 2 heterocycles. The van der Waals surface area contributed by atoms with Gasteiger partial charge in [-0.2, -0.15) is 5.10 Å². The fourth-order valence-electron chi connectivity index (χ4n) is 2.63. The molecule has 1 aromatic carbocycles. The molecule has 2 aromatic rings. The lowest BCUT2D eigenvalue weighted by molar-refractivity contribution is 0.622. The summed E-state index contributed by atoms with van der Waals surface area (Å²) >= 11 is 5.95. The Bertz CT molecular complexity index is 658. The van der Waals surface area contributed by atoms with Crippen molar-refractivity contribution in [1.82, 2.24) is 10.2 Å². The van der Waals surface area contributed by atoms with Crippen LogP contribution in [0.3, 0.4) is 0 Å². The summed E-state index contributed by atoms with van der Waals surface area (Å²) in [5.41, 5.74) is 1.49. The van der Waals surface area contributed by atoms with Crippen LogP contribution in [-0.4, -0.2) is 29.8 Å². The third kappa shape index (κ3) is 3.19. The van der Waals surface area contributed by atoms with Crippen molar-refractivity contribution in [3.63, 3.8) is 0 Å². The van der Waals surface area contributed by atoms with Crippen LogP contribution in [0.15, 0.2) is 41.3 Å². The van der Waals surface area contributed by atoms with E-state index < -0.39 is 0 Å². The maximum Gasteiger partial charge on any atom is 0.285 e. The minimum atomic E-state index is -0.362. The number of hydrogen-bond acceptors (Lipinski definition) is 4. The van der Waals surface area contributed by atoms with E-state index in [1.54, 1.807) is 6.20 Å². The molecule has 0 amide bonds. The number of aromatic nitrogens is 2. The van der Waals surface area contributed by atoms with Crippen molar-refractivity contribution in [3.8, 4) is 0 Å². The van der Waals surface area contributed by atoms with Gasteiger partial charge in [0, 0.05) is 25.3 Å². The van der Waals surface area contributed by atoms with E-state index in [2.05, 4.69) is 44.7 Å². The van der Waals surface area contributed by atoms with Crippen LogP contribution >= 0.6 is 11.6 Å². The zero-order valence-corrected chi connectivity index (χ0v) is 12.3. The number of nitrogens with zero attached hydrogens (tertiary/aromatic N) is 2. The number of anilines is 2. The Hall–Kier alpha value is -2.01. The minimum absolute atomic E-state index is 0.169. The van der Waals surface area contributed by atoms with Gasteiger partial charge in [-0.05, 0) is 24.5 Å². The second-order valence-electron chi connectivity index (χ2n) is 5.24. The summed E-state index contributed by atoms with van der Waals surface area (Å²) in [6.07, 6.45) is 2.67. The molecule has 0 aliphatic carbocycles. The molecule has 1 aromatic heterocycles. The van der Waals surface area contributed by atoms with Gasteiger partial charge in [0.2, 0.25) is 0 Å². The maximum absolute atomic E-state index is 11.4. The molecule has 5 nitrogen and oxygen atoms in total. The quantitative estimate of drug-likeness (QED) is 0.910. The minimum Gasteiger partial charge on any atom is -0.382 e. The monoisotopic (exact) mass is 304 g/mol. The number of benzene rings is 1. The number of nitrogens with one attached hydrogen (secondary N) is 2. The smallest absolute Gasteiger partial charge is 0.285 e. The van der Waals surface area contributed by atoms with Gasteiger partial charge in [-0.15, -0.1) is 0 Å². The Morgan fingerprint density at radius 2 is 2.19 bits per heavy atom. The molecule has 0 bridgehead atoms. The third-order valence-corrected chi connectivity index (χ3v) is 4.16. The Morgan fingerprint density at radius 1 is 1.38 bits per heavy atom. The first-order chi connectivity index (χ1) is 10.2. The van der Waals surface area contributed by atoms with E-state index in [0.717, 1.165) is 26.1 Å². The molecule has 3 rings (SSSR count). The molecule has 0 saturated carbocycles. The molecular weight excluding hydrogens is 288 g/mol. The SMILES string of the molecule is O=c1[nH]ncc(NC[C@H]2CCN(c3ccccc3)C2)c1Cl. The van der Waals surface area contributed by atoms with Gasteiger partial charge in [0.1, 0.15) is 5.02 Å². The highest BCUT2D eigenvalue weighted by atomic mass is 35.5. The second kappa shape index (κ2) is 6.18. The summed E-state index contributed by atoms with van der Waals surface area (Å²) < 4.78 is 0. The third-order valence-electron chi connectivity index (χ3n) is 3.78. The predicted octanol–water partition coefficient (Wildman–Crippen LogP) is 2.36. The Balaban J connectivity index is 1.58. The molecule has 2 N–H and O–H groups in total. The number of rotatable bonds is 4. The van der Waals surface area contributed by atoms with E-state index in [9.17, 15) is 4.79 Å². The van der Waals surface area contributed by atoms with E-state index in [4.69, 9.17) is 11.6 Å². The summed E-state index contributed by atoms with van der Waals surface area (Å²) in [5, 5.41) is 9.46. The maximum atomic E-state index is 11.4. The summed E-state index contributed by atoms with van der Waals surface area (Å²) in [4.78, 5) is 13.8. The predicted molar refractivity (Wildman–Crippen MR) is 85.1 cm³/mol. The topological polar surface area (TPSA) is 61.0 Å². The Morgan fingerprint density at radius 3 is 3.00 bits per heavy atom. The van der Waals surface area contributed by atoms with Crippen molar-refractivity contribution >= 4 is 23.0 Å². The number of aromatic amines is 1. The van der Waals surface area contributed by atoms with Crippen LogP contribution < -0.4 is 15.8 Å². The highest BCUT2D eigenvalue weighted by molar-refractivity contribution is 6.32. The summed E-state index contributed by atoms with van der Waals surface area (Å²) in [6, 6.07) is 10.4. The van der Waals surface area contributed by atoms with Crippen LogP contribution in [0.5, 0.6) is 0 Å². The fourth-order valence-corrected chi connectivity index (χ4v) is 2.79. The summed E-state index contributed by atoms with van der Waals surface area (Å²) in [6.45, 7) is 2.84. The Kier molecular flexibility index (Phi) is 4.10. The van der Waals surface area contributed by atoms with Crippen molar-refractivity contribution in [2.75, 3.05) is 29.9 Å². The molecule has 0 unspecified atom stereocenters.